The Bertz CT molecular complexity index is 881. The summed E-state index contributed by atoms with van der Waals surface area (Å²) in [7, 11) is 0. The highest BCUT2D eigenvalue weighted by atomic mass is 16.7. The van der Waals surface area contributed by atoms with Crippen molar-refractivity contribution >= 4 is 24.2 Å². The van der Waals surface area contributed by atoms with Gasteiger partial charge < -0.3 is 34.1 Å². The third-order valence-corrected chi connectivity index (χ3v) is 4.24. The summed E-state index contributed by atoms with van der Waals surface area (Å²) in [5.74, 6) is -2.05. The van der Waals surface area contributed by atoms with Crippen molar-refractivity contribution in [2.45, 2.75) is 79.2 Å². The standard InChI is InChI=1S/C24H35NO10/c1-13(2)22(28)33-16(7)12-25-18(21(26)27)10-17-8-9-19(34-23(29)31-14(3)4)20(11-17)35-24(30)32-15(5)6/h8-9,11,13-16,18,25H,10,12H2,1-7H3,(H,26,27)/t16?,18-/m0/s1. The van der Waals surface area contributed by atoms with Crippen LogP contribution in [0.5, 0.6) is 11.5 Å². The number of carbonyl (C=O) groups is 4. The molecule has 0 fully saturated rings. The number of rotatable bonds is 12. The molecule has 11 heteroatoms. The molecule has 1 aromatic carbocycles. The number of hydrogen-bond donors (Lipinski definition) is 2. The molecule has 0 aliphatic carbocycles. The molecule has 0 radical (unpaired) electrons. The van der Waals surface area contributed by atoms with E-state index < -0.39 is 42.6 Å². The fourth-order valence-electron chi connectivity index (χ4n) is 2.62. The van der Waals surface area contributed by atoms with Gasteiger partial charge in [0.25, 0.3) is 0 Å². The van der Waals surface area contributed by atoms with Gasteiger partial charge in [-0.15, -0.1) is 0 Å². The highest BCUT2D eigenvalue weighted by molar-refractivity contribution is 5.74. The molecule has 0 aliphatic heterocycles. The Morgan fingerprint density at radius 3 is 1.86 bits per heavy atom. The molecule has 0 spiro atoms. The monoisotopic (exact) mass is 497 g/mol. The molecule has 0 heterocycles. The Morgan fingerprint density at radius 1 is 0.829 bits per heavy atom. The summed E-state index contributed by atoms with van der Waals surface area (Å²) in [6.07, 6.45) is -3.45. The molecule has 0 saturated carbocycles. The van der Waals surface area contributed by atoms with E-state index in [0.29, 0.717) is 5.56 Å². The van der Waals surface area contributed by atoms with E-state index in [4.69, 9.17) is 23.7 Å². The molecule has 35 heavy (non-hydrogen) atoms. The van der Waals surface area contributed by atoms with Gasteiger partial charge >= 0.3 is 24.2 Å². The summed E-state index contributed by atoms with van der Waals surface area (Å²) < 4.78 is 25.5. The number of esters is 1. The van der Waals surface area contributed by atoms with E-state index in [-0.39, 0.29) is 36.4 Å². The molecule has 0 amide bonds. The SMILES string of the molecule is CC(C)OC(=O)Oc1ccc(C[C@H](NCC(C)OC(=O)C(C)C)C(=O)O)cc1OC(=O)OC(C)C. The lowest BCUT2D eigenvalue weighted by atomic mass is 10.0. The second-order valence-corrected chi connectivity index (χ2v) is 8.72. The molecule has 0 bridgehead atoms. The maximum atomic E-state index is 12.0. The Hall–Kier alpha value is -3.34. The summed E-state index contributed by atoms with van der Waals surface area (Å²) in [6, 6.07) is 3.22. The van der Waals surface area contributed by atoms with Gasteiger partial charge in [-0.05, 0) is 58.7 Å². The van der Waals surface area contributed by atoms with Gasteiger partial charge in [0.2, 0.25) is 0 Å². The Morgan fingerprint density at radius 2 is 1.37 bits per heavy atom. The minimum atomic E-state index is -1.13. The molecule has 0 aliphatic rings. The molecular weight excluding hydrogens is 462 g/mol. The number of ether oxygens (including phenoxy) is 5. The van der Waals surface area contributed by atoms with Crippen molar-refractivity contribution in [3.05, 3.63) is 23.8 Å². The van der Waals surface area contributed by atoms with Crippen LogP contribution in [0.1, 0.15) is 54.0 Å². The lowest BCUT2D eigenvalue weighted by Gasteiger charge is -2.20. The molecule has 0 saturated heterocycles. The van der Waals surface area contributed by atoms with E-state index in [0.717, 1.165) is 0 Å². The van der Waals surface area contributed by atoms with Crippen molar-refractivity contribution < 1.29 is 48.0 Å². The first-order chi connectivity index (χ1) is 16.3. The van der Waals surface area contributed by atoms with Gasteiger partial charge in [-0.1, -0.05) is 19.9 Å². The van der Waals surface area contributed by atoms with Crippen LogP contribution in [0.25, 0.3) is 0 Å². The highest BCUT2D eigenvalue weighted by Crippen LogP contribution is 2.30. The van der Waals surface area contributed by atoms with E-state index >= 15 is 0 Å². The van der Waals surface area contributed by atoms with Crippen molar-refractivity contribution in [2.75, 3.05) is 6.54 Å². The summed E-state index contributed by atoms with van der Waals surface area (Å²) >= 11 is 0. The zero-order valence-electron chi connectivity index (χ0n) is 21.2. The predicted octanol–water partition coefficient (Wildman–Crippen LogP) is 3.71. The zero-order valence-corrected chi connectivity index (χ0v) is 21.2. The van der Waals surface area contributed by atoms with Crippen LogP contribution in [0.2, 0.25) is 0 Å². The largest absolute Gasteiger partial charge is 0.514 e. The van der Waals surface area contributed by atoms with Crippen molar-refractivity contribution in [2.24, 2.45) is 5.92 Å². The molecule has 196 valence electrons. The number of nitrogens with one attached hydrogen (secondary N) is 1. The molecule has 2 atom stereocenters. The van der Waals surface area contributed by atoms with Crippen LogP contribution in [0.4, 0.5) is 9.59 Å². The van der Waals surface area contributed by atoms with Crippen LogP contribution in [0.15, 0.2) is 18.2 Å². The molecule has 1 aromatic rings. The van der Waals surface area contributed by atoms with Gasteiger partial charge in [0, 0.05) is 6.54 Å². The Labute approximate surface area is 205 Å². The average molecular weight is 498 g/mol. The first-order valence-electron chi connectivity index (χ1n) is 11.3. The quantitative estimate of drug-likeness (QED) is 0.247. The minimum Gasteiger partial charge on any atom is -0.480 e. The maximum absolute atomic E-state index is 12.0. The average Bonchev–Trinajstić information content (AvgIpc) is 2.71. The fourth-order valence-corrected chi connectivity index (χ4v) is 2.62. The number of benzene rings is 1. The maximum Gasteiger partial charge on any atom is 0.514 e. The number of hydrogen-bond acceptors (Lipinski definition) is 10. The summed E-state index contributed by atoms with van der Waals surface area (Å²) in [5, 5.41) is 12.5. The Balaban J connectivity index is 3.02. The van der Waals surface area contributed by atoms with E-state index in [2.05, 4.69) is 5.32 Å². The number of carboxylic acids is 1. The van der Waals surface area contributed by atoms with E-state index in [9.17, 15) is 24.3 Å². The zero-order chi connectivity index (χ0) is 26.7. The van der Waals surface area contributed by atoms with E-state index in [1.807, 2.05) is 0 Å². The van der Waals surface area contributed by atoms with Crippen molar-refractivity contribution in [1.82, 2.24) is 5.32 Å². The fraction of sp³-hybridized carbons (Fsp3) is 0.583. The number of carbonyl (C=O) groups excluding carboxylic acids is 3. The van der Waals surface area contributed by atoms with Gasteiger partial charge in [-0.25, -0.2) is 9.59 Å². The van der Waals surface area contributed by atoms with Crippen LogP contribution < -0.4 is 14.8 Å². The van der Waals surface area contributed by atoms with Gasteiger partial charge in [0.1, 0.15) is 12.1 Å². The summed E-state index contributed by atoms with van der Waals surface area (Å²) in [4.78, 5) is 47.5. The first-order valence-corrected chi connectivity index (χ1v) is 11.3. The topological polar surface area (TPSA) is 147 Å². The van der Waals surface area contributed by atoms with Gasteiger partial charge in [0.15, 0.2) is 11.5 Å². The van der Waals surface area contributed by atoms with Crippen molar-refractivity contribution in [1.29, 1.82) is 0 Å². The molecule has 2 N–H and O–H groups in total. The van der Waals surface area contributed by atoms with Crippen LogP contribution in [-0.4, -0.2) is 60.3 Å². The van der Waals surface area contributed by atoms with Gasteiger partial charge in [-0.3, -0.25) is 9.59 Å². The number of carboxylic acid groups (broad SMARTS) is 1. The Kier molecular flexibility index (Phi) is 12.0. The second kappa shape index (κ2) is 14.1. The molecular formula is C24H35NO10. The predicted molar refractivity (Wildman–Crippen MR) is 124 cm³/mol. The van der Waals surface area contributed by atoms with Crippen molar-refractivity contribution in [3.63, 3.8) is 0 Å². The smallest absolute Gasteiger partial charge is 0.480 e. The van der Waals surface area contributed by atoms with E-state index in [1.165, 1.54) is 18.2 Å². The summed E-state index contributed by atoms with van der Waals surface area (Å²) in [6.45, 7) is 11.7. The van der Waals surface area contributed by atoms with Gasteiger partial charge in [-0.2, -0.15) is 0 Å². The third kappa shape index (κ3) is 11.6. The molecule has 11 nitrogen and oxygen atoms in total. The van der Waals surface area contributed by atoms with Crippen LogP contribution in [0, 0.1) is 5.92 Å². The second-order valence-electron chi connectivity index (χ2n) is 8.72. The molecule has 1 unspecified atom stereocenters. The number of aliphatic carboxylic acids is 1. The summed E-state index contributed by atoms with van der Waals surface area (Å²) in [5.41, 5.74) is 0.466. The van der Waals surface area contributed by atoms with Crippen molar-refractivity contribution in [3.8, 4) is 11.5 Å². The van der Waals surface area contributed by atoms with E-state index in [1.54, 1.807) is 48.5 Å². The molecule has 0 aromatic heterocycles. The van der Waals surface area contributed by atoms with Crippen LogP contribution >= 0.6 is 0 Å². The molecule has 1 rings (SSSR count). The van der Waals surface area contributed by atoms with Crippen LogP contribution in [0.3, 0.4) is 0 Å². The third-order valence-electron chi connectivity index (χ3n) is 4.24. The minimum absolute atomic E-state index is 0.00745. The van der Waals surface area contributed by atoms with Gasteiger partial charge in [0.05, 0.1) is 18.1 Å². The lowest BCUT2D eigenvalue weighted by Crippen LogP contribution is -2.43. The first kappa shape index (κ1) is 29.7. The lowest BCUT2D eigenvalue weighted by molar-refractivity contribution is -0.151. The van der Waals surface area contributed by atoms with Crippen LogP contribution in [-0.2, 0) is 30.2 Å². The normalized spacial score (nSPS) is 12.7. The highest BCUT2D eigenvalue weighted by Gasteiger charge is 2.23.